The molecule has 0 bridgehead atoms. The highest BCUT2D eigenvalue weighted by Crippen LogP contribution is 2.24. The third-order valence-electron chi connectivity index (χ3n) is 4.14. The summed E-state index contributed by atoms with van der Waals surface area (Å²) >= 11 is 17.8. The number of benzene rings is 2. The molecule has 0 unspecified atom stereocenters. The van der Waals surface area contributed by atoms with E-state index in [0.29, 0.717) is 15.6 Å². The Hall–Kier alpha value is -1.31. The average molecular weight is 434 g/mol. The Bertz CT molecular complexity index is 925. The summed E-state index contributed by atoms with van der Waals surface area (Å²) in [4.78, 5) is 14.4. The molecular weight excluding hydrogens is 419 g/mol. The van der Waals surface area contributed by atoms with Gasteiger partial charge in [0.2, 0.25) is 10.0 Å². The third-order valence-corrected chi connectivity index (χ3v) is 6.85. The lowest BCUT2D eigenvalue weighted by atomic mass is 10.2. The minimum Gasteiger partial charge on any atom is -0.336 e. The Balaban J connectivity index is 1.70. The molecule has 3 rings (SSSR count). The molecule has 0 radical (unpaired) electrons. The van der Waals surface area contributed by atoms with Gasteiger partial charge in [-0.2, -0.15) is 4.31 Å². The fourth-order valence-corrected chi connectivity index (χ4v) is 4.76. The summed E-state index contributed by atoms with van der Waals surface area (Å²) in [6, 6.07) is 10.7. The SMILES string of the molecule is O=C(c1ccc(Cl)cc1Cl)N1CCN(S(=O)(=O)c2ccc(Cl)cc2)CC1. The number of nitrogens with zero attached hydrogens (tertiary/aromatic N) is 2. The summed E-state index contributed by atoms with van der Waals surface area (Å²) < 4.78 is 26.7. The van der Waals surface area contributed by atoms with E-state index in [1.54, 1.807) is 17.0 Å². The number of carbonyl (C=O) groups excluding carboxylic acids is 1. The third kappa shape index (κ3) is 4.00. The minimum atomic E-state index is -3.61. The number of hydrogen-bond acceptors (Lipinski definition) is 3. The van der Waals surface area contributed by atoms with Crippen molar-refractivity contribution in [2.24, 2.45) is 0 Å². The maximum Gasteiger partial charge on any atom is 0.255 e. The van der Waals surface area contributed by atoms with Crippen molar-refractivity contribution < 1.29 is 13.2 Å². The highest BCUT2D eigenvalue weighted by molar-refractivity contribution is 7.89. The van der Waals surface area contributed by atoms with Crippen molar-refractivity contribution >= 4 is 50.7 Å². The summed E-state index contributed by atoms with van der Waals surface area (Å²) in [5.41, 5.74) is 0.352. The van der Waals surface area contributed by atoms with Gasteiger partial charge in [-0.15, -0.1) is 0 Å². The lowest BCUT2D eigenvalue weighted by Gasteiger charge is -2.34. The molecule has 1 saturated heterocycles. The molecule has 1 fully saturated rings. The van der Waals surface area contributed by atoms with Crippen LogP contribution >= 0.6 is 34.8 Å². The maximum atomic E-state index is 12.7. The van der Waals surface area contributed by atoms with Crippen LogP contribution in [0.25, 0.3) is 0 Å². The monoisotopic (exact) mass is 432 g/mol. The van der Waals surface area contributed by atoms with Gasteiger partial charge in [0.15, 0.2) is 0 Å². The van der Waals surface area contributed by atoms with Crippen LogP contribution in [0.1, 0.15) is 10.4 Å². The summed E-state index contributed by atoms with van der Waals surface area (Å²) in [6.07, 6.45) is 0. The molecule has 0 aliphatic carbocycles. The van der Waals surface area contributed by atoms with Gasteiger partial charge < -0.3 is 4.90 Å². The molecule has 0 atom stereocenters. The topological polar surface area (TPSA) is 57.7 Å². The smallest absolute Gasteiger partial charge is 0.255 e. The number of halogens is 3. The molecule has 2 aromatic rings. The van der Waals surface area contributed by atoms with E-state index in [9.17, 15) is 13.2 Å². The van der Waals surface area contributed by atoms with Crippen LogP contribution in [0, 0.1) is 0 Å². The van der Waals surface area contributed by atoms with E-state index >= 15 is 0 Å². The molecule has 0 saturated carbocycles. The van der Waals surface area contributed by atoms with E-state index in [1.807, 2.05) is 0 Å². The predicted molar refractivity (Wildman–Crippen MR) is 103 cm³/mol. The zero-order chi connectivity index (χ0) is 18.9. The highest BCUT2D eigenvalue weighted by atomic mass is 35.5. The molecule has 138 valence electrons. The Labute approximate surface area is 167 Å². The van der Waals surface area contributed by atoms with Gasteiger partial charge in [-0.3, -0.25) is 4.79 Å². The Morgan fingerprint density at radius 2 is 1.42 bits per heavy atom. The van der Waals surface area contributed by atoms with E-state index < -0.39 is 10.0 Å². The van der Waals surface area contributed by atoms with Gasteiger partial charge in [0.25, 0.3) is 5.91 Å². The average Bonchev–Trinajstić information content (AvgIpc) is 2.62. The number of carbonyl (C=O) groups is 1. The zero-order valence-corrected chi connectivity index (χ0v) is 16.6. The zero-order valence-electron chi connectivity index (χ0n) is 13.5. The van der Waals surface area contributed by atoms with Crippen LogP contribution in [0.15, 0.2) is 47.4 Å². The summed E-state index contributed by atoms with van der Waals surface area (Å²) in [5.74, 6) is -0.241. The Morgan fingerprint density at radius 1 is 0.846 bits per heavy atom. The minimum absolute atomic E-state index is 0.183. The van der Waals surface area contributed by atoms with Crippen LogP contribution < -0.4 is 0 Å². The molecule has 1 aliphatic rings. The predicted octanol–water partition coefficient (Wildman–Crippen LogP) is 3.79. The lowest BCUT2D eigenvalue weighted by Crippen LogP contribution is -2.50. The van der Waals surface area contributed by atoms with Crippen LogP contribution in [0.4, 0.5) is 0 Å². The van der Waals surface area contributed by atoms with Crippen LogP contribution in [-0.2, 0) is 10.0 Å². The quantitative estimate of drug-likeness (QED) is 0.740. The maximum absolute atomic E-state index is 12.7. The second-order valence-corrected chi connectivity index (χ2v) is 8.99. The van der Waals surface area contributed by atoms with Gasteiger partial charge in [0.1, 0.15) is 0 Å². The van der Waals surface area contributed by atoms with Crippen LogP contribution in [0.2, 0.25) is 15.1 Å². The molecule has 0 spiro atoms. The molecule has 1 heterocycles. The Kier molecular flexibility index (Phi) is 5.79. The number of hydrogen-bond donors (Lipinski definition) is 0. The number of piperazine rings is 1. The number of rotatable bonds is 3. The fraction of sp³-hybridized carbons (Fsp3) is 0.235. The molecular formula is C17H15Cl3N2O3S. The molecule has 9 heteroatoms. The van der Waals surface area contributed by atoms with Gasteiger partial charge in [-0.05, 0) is 42.5 Å². The van der Waals surface area contributed by atoms with Crippen molar-refractivity contribution in [2.75, 3.05) is 26.2 Å². The van der Waals surface area contributed by atoms with Crippen molar-refractivity contribution in [2.45, 2.75) is 4.90 Å². The van der Waals surface area contributed by atoms with Gasteiger partial charge in [-0.25, -0.2) is 8.42 Å². The molecule has 1 amide bonds. The van der Waals surface area contributed by atoms with E-state index in [-0.39, 0.29) is 42.0 Å². The molecule has 26 heavy (non-hydrogen) atoms. The normalized spacial score (nSPS) is 15.9. The van der Waals surface area contributed by atoms with Gasteiger partial charge in [0.05, 0.1) is 15.5 Å². The van der Waals surface area contributed by atoms with Crippen molar-refractivity contribution in [3.8, 4) is 0 Å². The van der Waals surface area contributed by atoms with Crippen molar-refractivity contribution in [1.82, 2.24) is 9.21 Å². The van der Waals surface area contributed by atoms with Crippen molar-refractivity contribution in [3.05, 3.63) is 63.1 Å². The van der Waals surface area contributed by atoms with Gasteiger partial charge in [0, 0.05) is 36.2 Å². The molecule has 5 nitrogen and oxygen atoms in total. The first-order valence-electron chi connectivity index (χ1n) is 7.79. The van der Waals surface area contributed by atoms with Crippen molar-refractivity contribution in [3.63, 3.8) is 0 Å². The molecule has 0 aromatic heterocycles. The van der Waals surface area contributed by atoms with Crippen LogP contribution in [-0.4, -0.2) is 49.7 Å². The largest absolute Gasteiger partial charge is 0.336 e. The fourth-order valence-electron chi connectivity index (χ4n) is 2.72. The highest BCUT2D eigenvalue weighted by Gasteiger charge is 2.30. The van der Waals surface area contributed by atoms with Crippen molar-refractivity contribution in [1.29, 1.82) is 0 Å². The summed E-state index contributed by atoms with van der Waals surface area (Å²) in [5, 5.41) is 1.20. The lowest BCUT2D eigenvalue weighted by molar-refractivity contribution is 0.0698. The number of sulfonamides is 1. The first-order chi connectivity index (χ1) is 12.3. The van der Waals surface area contributed by atoms with E-state index in [2.05, 4.69) is 0 Å². The van der Waals surface area contributed by atoms with Crippen LogP contribution in [0.5, 0.6) is 0 Å². The van der Waals surface area contributed by atoms with Crippen LogP contribution in [0.3, 0.4) is 0 Å². The standard InChI is InChI=1S/C17H15Cl3N2O3S/c18-12-1-4-14(5-2-12)26(24,25)22-9-7-21(8-10-22)17(23)15-6-3-13(19)11-16(15)20/h1-6,11H,7-10H2. The Morgan fingerprint density at radius 3 is 2.00 bits per heavy atom. The number of amides is 1. The first kappa shape index (κ1) is 19.5. The molecule has 0 N–H and O–H groups in total. The molecule has 1 aliphatic heterocycles. The van der Waals surface area contributed by atoms with Gasteiger partial charge >= 0.3 is 0 Å². The second kappa shape index (κ2) is 7.74. The summed E-state index contributed by atoms with van der Waals surface area (Å²) in [7, 11) is -3.61. The van der Waals surface area contributed by atoms with E-state index in [0.717, 1.165) is 0 Å². The van der Waals surface area contributed by atoms with Gasteiger partial charge in [-0.1, -0.05) is 34.8 Å². The van der Waals surface area contributed by atoms with E-state index in [1.165, 1.54) is 34.6 Å². The van der Waals surface area contributed by atoms with E-state index in [4.69, 9.17) is 34.8 Å². The second-order valence-electron chi connectivity index (χ2n) is 5.77. The first-order valence-corrected chi connectivity index (χ1v) is 10.4. The summed E-state index contributed by atoms with van der Waals surface area (Å²) in [6.45, 7) is 0.985. The molecule has 2 aromatic carbocycles.